The summed E-state index contributed by atoms with van der Waals surface area (Å²) in [6, 6.07) is -0.925. The van der Waals surface area contributed by atoms with Gasteiger partial charge < -0.3 is 28.5 Å². The van der Waals surface area contributed by atoms with Crippen LogP contribution in [0, 0.1) is 0 Å². The van der Waals surface area contributed by atoms with Gasteiger partial charge in [-0.25, -0.2) is 0 Å². The SMILES string of the molecule is CC/C=C\C/C=C\C/C=C\C/C=C\C/C=C\C/C=C\CCCCCCC(=O)NC(COP(=O)([O-])OCC[N+](C)(C)C)C(/C=C\CCCCCCCCCCC)OC(=O)CCCCC/C=C\C/C=C\C/C=C\C/C=C\CCCCC. The first-order valence-corrected chi connectivity index (χ1v) is 33.0. The second-order valence-corrected chi connectivity index (χ2v) is 23.2. The molecule has 10 heteroatoms. The lowest BCUT2D eigenvalue weighted by Gasteiger charge is -2.30. The molecule has 0 spiro atoms. The molecule has 0 bridgehead atoms. The van der Waals surface area contributed by atoms with Crippen molar-refractivity contribution < 1.29 is 37.3 Å². The lowest BCUT2D eigenvalue weighted by atomic mass is 10.1. The molecule has 3 unspecified atom stereocenters. The van der Waals surface area contributed by atoms with Gasteiger partial charge in [-0.05, 0) is 128 Å². The molecule has 450 valence electrons. The van der Waals surface area contributed by atoms with E-state index in [1.54, 1.807) is 0 Å². The predicted molar refractivity (Wildman–Crippen MR) is 339 cm³/mol. The van der Waals surface area contributed by atoms with Crippen LogP contribution in [0.1, 0.15) is 239 Å². The van der Waals surface area contributed by atoms with E-state index in [0.29, 0.717) is 23.9 Å². The Bertz CT molecular complexity index is 1810. The molecule has 1 N–H and O–H groups in total. The van der Waals surface area contributed by atoms with Crippen LogP contribution < -0.4 is 10.2 Å². The van der Waals surface area contributed by atoms with Gasteiger partial charge in [-0.1, -0.05) is 232 Å². The molecule has 0 heterocycles. The number of amides is 1. The van der Waals surface area contributed by atoms with Crippen LogP contribution in [-0.4, -0.2) is 69.4 Å². The Balaban J connectivity index is 5.32. The number of phosphoric ester groups is 1. The Labute approximate surface area is 485 Å². The lowest BCUT2D eigenvalue weighted by molar-refractivity contribution is -0.870. The highest BCUT2D eigenvalue weighted by Gasteiger charge is 2.27. The first kappa shape index (κ1) is 75.2. The molecule has 0 radical (unpaired) electrons. The molecule has 0 rings (SSSR count). The first-order chi connectivity index (χ1) is 38.4. The summed E-state index contributed by atoms with van der Waals surface area (Å²) in [6.07, 6.45) is 81.3. The van der Waals surface area contributed by atoms with Gasteiger partial charge in [-0.15, -0.1) is 0 Å². The van der Waals surface area contributed by atoms with E-state index in [1.807, 2.05) is 33.3 Å². The second kappa shape index (κ2) is 57.4. The van der Waals surface area contributed by atoms with Crippen LogP contribution in [0.15, 0.2) is 134 Å². The molecule has 0 saturated heterocycles. The molecular formula is C69H117N2O7P. The third-order valence-corrected chi connectivity index (χ3v) is 14.0. The van der Waals surface area contributed by atoms with Gasteiger partial charge >= 0.3 is 5.97 Å². The fourth-order valence-corrected chi connectivity index (χ4v) is 8.94. The van der Waals surface area contributed by atoms with Gasteiger partial charge in [0.25, 0.3) is 7.82 Å². The van der Waals surface area contributed by atoms with Crippen molar-refractivity contribution in [1.82, 2.24) is 5.32 Å². The van der Waals surface area contributed by atoms with Crippen LogP contribution in [-0.2, 0) is 27.9 Å². The van der Waals surface area contributed by atoms with Crippen molar-refractivity contribution in [3.63, 3.8) is 0 Å². The van der Waals surface area contributed by atoms with Crippen molar-refractivity contribution in [1.29, 1.82) is 0 Å². The smallest absolute Gasteiger partial charge is 0.306 e. The Morgan fingerprint density at radius 1 is 0.456 bits per heavy atom. The van der Waals surface area contributed by atoms with E-state index < -0.39 is 26.6 Å². The summed E-state index contributed by atoms with van der Waals surface area (Å²) in [6.45, 7) is 6.63. The molecule has 79 heavy (non-hydrogen) atoms. The number of phosphoric acid groups is 1. The number of esters is 1. The molecule has 0 aliphatic heterocycles. The zero-order chi connectivity index (χ0) is 57.9. The number of likely N-dealkylation sites (N-methyl/N-ethyl adjacent to an activating group) is 1. The number of ether oxygens (including phenoxy) is 1. The number of allylic oxidation sites excluding steroid dienone is 21. The average Bonchev–Trinajstić information content (AvgIpc) is 3.41. The lowest BCUT2D eigenvalue weighted by Crippen LogP contribution is -2.47. The van der Waals surface area contributed by atoms with Gasteiger partial charge in [-0.3, -0.25) is 14.2 Å². The van der Waals surface area contributed by atoms with Crippen molar-refractivity contribution in [3.05, 3.63) is 134 Å². The molecule has 0 saturated carbocycles. The topological polar surface area (TPSA) is 114 Å². The van der Waals surface area contributed by atoms with Crippen LogP contribution in [0.25, 0.3) is 0 Å². The highest BCUT2D eigenvalue weighted by Crippen LogP contribution is 2.38. The number of carbonyl (C=O) groups is 2. The standard InChI is InChI=1S/C69H117N2O7P/c1-7-10-13-16-19-22-25-27-29-31-33-34-35-36-38-39-41-43-46-49-52-55-58-61-68(72)70-66(65-77-79(74,75)76-64-63-71(4,5)6)67(60-57-54-51-48-45-24-21-18-15-12-9-3)78-69(73)62-59-56-53-50-47-44-42-40-37-32-30-28-26-23-20-17-14-11-8-2/h10,13,19-20,22-23,27-30,33-34,36-38,40-41,43-44,47,57,60,66-67H,7-9,11-12,14-18,21,24-26,31-32,35,39,42,45-46,48-56,58-59,61-65H2,1-6H3,(H-,70,72,74,75)/b13-10-,22-19-,23-20-,29-27-,30-28-,34-33-,38-36-,40-37-,43-41-,47-44-,60-57-. The number of hydrogen-bond donors (Lipinski definition) is 1. The van der Waals surface area contributed by atoms with Crippen molar-refractivity contribution in [3.8, 4) is 0 Å². The van der Waals surface area contributed by atoms with Crippen molar-refractivity contribution in [2.75, 3.05) is 40.9 Å². The van der Waals surface area contributed by atoms with Gasteiger partial charge in [0.1, 0.15) is 19.3 Å². The second-order valence-electron chi connectivity index (χ2n) is 21.8. The predicted octanol–water partition coefficient (Wildman–Crippen LogP) is 19.0. The van der Waals surface area contributed by atoms with Crippen molar-refractivity contribution >= 4 is 19.7 Å². The summed E-state index contributed by atoms with van der Waals surface area (Å²) >= 11 is 0. The summed E-state index contributed by atoms with van der Waals surface area (Å²) in [5.74, 6) is -0.617. The maximum atomic E-state index is 13.5. The van der Waals surface area contributed by atoms with Crippen LogP contribution in [0.4, 0.5) is 0 Å². The Morgan fingerprint density at radius 2 is 0.810 bits per heavy atom. The first-order valence-electron chi connectivity index (χ1n) is 31.5. The number of unbranched alkanes of at least 4 members (excludes halogenated alkanes) is 19. The Morgan fingerprint density at radius 3 is 1.25 bits per heavy atom. The van der Waals surface area contributed by atoms with Gasteiger partial charge in [0.2, 0.25) is 5.91 Å². The van der Waals surface area contributed by atoms with Crippen molar-refractivity contribution in [2.24, 2.45) is 0 Å². The number of nitrogens with one attached hydrogen (secondary N) is 1. The summed E-state index contributed by atoms with van der Waals surface area (Å²) in [7, 11) is 1.13. The number of quaternary nitrogens is 1. The normalized spacial score (nSPS) is 14.6. The minimum Gasteiger partial charge on any atom is -0.756 e. The van der Waals surface area contributed by atoms with Crippen LogP contribution >= 0.6 is 7.82 Å². The third-order valence-electron chi connectivity index (χ3n) is 13.1. The summed E-state index contributed by atoms with van der Waals surface area (Å²) in [5, 5.41) is 3.00. The molecule has 1 amide bonds. The van der Waals surface area contributed by atoms with Gasteiger partial charge in [0.15, 0.2) is 0 Å². The van der Waals surface area contributed by atoms with Crippen molar-refractivity contribution in [2.45, 2.75) is 251 Å². The molecule has 0 aromatic rings. The number of rotatable bonds is 55. The van der Waals surface area contributed by atoms with Crippen LogP contribution in [0.2, 0.25) is 0 Å². The van der Waals surface area contributed by atoms with E-state index in [0.717, 1.165) is 122 Å². The van der Waals surface area contributed by atoms with Gasteiger partial charge in [0, 0.05) is 12.8 Å². The molecule has 0 aromatic carbocycles. The van der Waals surface area contributed by atoms with E-state index in [-0.39, 0.29) is 31.3 Å². The van der Waals surface area contributed by atoms with E-state index >= 15 is 0 Å². The van der Waals surface area contributed by atoms with E-state index in [4.69, 9.17) is 13.8 Å². The molecule has 0 aliphatic rings. The number of hydrogen-bond acceptors (Lipinski definition) is 7. The fraction of sp³-hybridized carbons (Fsp3) is 0.652. The average molecular weight is 1120 g/mol. The zero-order valence-corrected chi connectivity index (χ0v) is 52.2. The maximum absolute atomic E-state index is 13.5. The quantitative estimate of drug-likeness (QED) is 0.0212. The minimum atomic E-state index is -4.72. The molecule has 0 aliphatic carbocycles. The highest BCUT2D eigenvalue weighted by atomic mass is 31.2. The maximum Gasteiger partial charge on any atom is 0.306 e. The minimum absolute atomic E-state index is 0.0408. The molecule has 0 fully saturated rings. The van der Waals surface area contributed by atoms with E-state index in [2.05, 4.69) is 148 Å². The zero-order valence-electron chi connectivity index (χ0n) is 51.3. The van der Waals surface area contributed by atoms with E-state index in [9.17, 15) is 19.0 Å². The van der Waals surface area contributed by atoms with Gasteiger partial charge in [-0.2, -0.15) is 0 Å². The Hall–Kier alpha value is -3.85. The monoisotopic (exact) mass is 1120 g/mol. The van der Waals surface area contributed by atoms with E-state index in [1.165, 1.54) is 70.6 Å². The number of carbonyl (C=O) groups excluding carboxylic acids is 2. The molecule has 0 aromatic heterocycles. The van der Waals surface area contributed by atoms with Gasteiger partial charge in [0.05, 0.1) is 33.8 Å². The molecular weight excluding hydrogens is 1000 g/mol. The summed E-state index contributed by atoms with van der Waals surface area (Å²) in [4.78, 5) is 40.0. The number of nitrogens with zero attached hydrogens (tertiary/aromatic N) is 1. The summed E-state index contributed by atoms with van der Waals surface area (Å²) < 4.78 is 30.3. The highest BCUT2D eigenvalue weighted by molar-refractivity contribution is 7.45. The van der Waals surface area contributed by atoms with Crippen LogP contribution in [0.3, 0.4) is 0 Å². The molecule has 3 atom stereocenters. The third kappa shape index (κ3) is 58.6. The Kier molecular flexibility index (Phi) is 54.6. The van der Waals surface area contributed by atoms with Crippen LogP contribution in [0.5, 0.6) is 0 Å². The largest absolute Gasteiger partial charge is 0.756 e. The fourth-order valence-electron chi connectivity index (χ4n) is 8.21. The molecule has 9 nitrogen and oxygen atoms in total. The summed E-state index contributed by atoms with van der Waals surface area (Å²) in [5.41, 5.74) is 0.